The fourth-order valence-corrected chi connectivity index (χ4v) is 2.94. The second kappa shape index (κ2) is 10.8. The van der Waals surface area contributed by atoms with E-state index >= 15 is 0 Å². The first-order valence-electron chi connectivity index (χ1n) is 9.99. The van der Waals surface area contributed by atoms with Crippen LogP contribution in [0.4, 0.5) is 9.18 Å². The number of nitrogens with zero attached hydrogens (tertiary/aromatic N) is 1. The molecular weight excluding hydrogens is 407 g/mol. The maximum absolute atomic E-state index is 13.2. The molecule has 1 heterocycles. The van der Waals surface area contributed by atoms with Crippen molar-refractivity contribution in [2.45, 2.75) is 39.2 Å². The van der Waals surface area contributed by atoms with Gasteiger partial charge in [0, 0.05) is 30.8 Å². The predicted octanol–water partition coefficient (Wildman–Crippen LogP) is 3.00. The maximum atomic E-state index is 13.2. The molecule has 0 spiro atoms. The third-order valence-corrected chi connectivity index (χ3v) is 4.50. The highest BCUT2D eigenvalue weighted by molar-refractivity contribution is 5.97. The summed E-state index contributed by atoms with van der Waals surface area (Å²) in [6.45, 7) is 5.89. The van der Waals surface area contributed by atoms with Gasteiger partial charge in [0.25, 0.3) is 5.91 Å². The number of fused-ring (bicyclic) bond motifs is 1. The van der Waals surface area contributed by atoms with Gasteiger partial charge in [0.05, 0.1) is 19.9 Å². The van der Waals surface area contributed by atoms with Crippen LogP contribution in [0.2, 0.25) is 0 Å². The zero-order chi connectivity index (χ0) is 23.0. The molecule has 0 aromatic heterocycles. The molecule has 0 aliphatic carbocycles. The van der Waals surface area contributed by atoms with Gasteiger partial charge in [0.2, 0.25) is 0 Å². The number of amides is 2. The zero-order valence-electron chi connectivity index (χ0n) is 18.3. The number of alkyl carbamates (subject to hydrolysis) is 1. The molecule has 0 saturated carbocycles. The van der Waals surface area contributed by atoms with Crippen molar-refractivity contribution in [1.29, 1.82) is 0 Å². The first-order valence-corrected chi connectivity index (χ1v) is 9.99. The third kappa shape index (κ3) is 7.58. The van der Waals surface area contributed by atoms with E-state index in [1.54, 1.807) is 43.9 Å². The van der Waals surface area contributed by atoms with Crippen molar-refractivity contribution >= 4 is 18.0 Å². The number of rotatable bonds is 8. The molecule has 1 aliphatic rings. The second-order valence-corrected chi connectivity index (χ2v) is 8.10. The van der Waals surface area contributed by atoms with E-state index in [-0.39, 0.29) is 37.0 Å². The Balaban J connectivity index is 1.90. The minimum Gasteiger partial charge on any atom is -0.489 e. The van der Waals surface area contributed by atoms with Crippen LogP contribution < -0.4 is 10.1 Å². The van der Waals surface area contributed by atoms with E-state index < -0.39 is 11.7 Å². The van der Waals surface area contributed by atoms with E-state index in [1.807, 2.05) is 0 Å². The lowest BCUT2D eigenvalue weighted by Gasteiger charge is -2.28. The van der Waals surface area contributed by atoms with Gasteiger partial charge in [-0.3, -0.25) is 9.59 Å². The van der Waals surface area contributed by atoms with Crippen molar-refractivity contribution < 1.29 is 33.0 Å². The fraction of sp³-hybridized carbons (Fsp3) is 0.500. The molecule has 1 aromatic carbocycles. The monoisotopic (exact) mass is 436 g/mol. The van der Waals surface area contributed by atoms with Gasteiger partial charge in [-0.2, -0.15) is 0 Å². The molecule has 0 atom stereocenters. The number of hydrogen-bond acceptors (Lipinski definition) is 6. The summed E-state index contributed by atoms with van der Waals surface area (Å²) in [6.07, 6.45) is 0.508. The summed E-state index contributed by atoms with van der Waals surface area (Å²) >= 11 is 0. The van der Waals surface area contributed by atoms with E-state index in [1.165, 1.54) is 7.11 Å². The van der Waals surface area contributed by atoms with E-state index in [0.29, 0.717) is 37.2 Å². The minimum atomic E-state index is -0.643. The van der Waals surface area contributed by atoms with Crippen molar-refractivity contribution in [2.75, 3.05) is 33.4 Å². The van der Waals surface area contributed by atoms with E-state index in [0.717, 1.165) is 5.56 Å². The summed E-state index contributed by atoms with van der Waals surface area (Å²) in [7, 11) is 1.31. The number of esters is 1. The number of halogens is 1. The summed E-state index contributed by atoms with van der Waals surface area (Å²) in [5.74, 6) is -0.0194. The Kier molecular flexibility index (Phi) is 8.41. The Bertz CT molecular complexity index is 847. The van der Waals surface area contributed by atoms with E-state index in [2.05, 4.69) is 10.1 Å². The lowest BCUT2D eigenvalue weighted by atomic mass is 9.98. The zero-order valence-corrected chi connectivity index (χ0v) is 18.3. The maximum Gasteiger partial charge on any atom is 0.407 e. The lowest BCUT2D eigenvalue weighted by Crippen LogP contribution is -2.39. The Hall–Kier alpha value is -3.10. The van der Waals surface area contributed by atoms with Gasteiger partial charge in [0.15, 0.2) is 0 Å². The summed E-state index contributed by atoms with van der Waals surface area (Å²) < 4.78 is 28.5. The number of carbonyl (C=O) groups is 3. The largest absolute Gasteiger partial charge is 0.489 e. The van der Waals surface area contributed by atoms with Gasteiger partial charge in [-0.05, 0) is 51.0 Å². The van der Waals surface area contributed by atoms with Crippen LogP contribution >= 0.6 is 0 Å². The normalized spacial score (nSPS) is 14.0. The minimum absolute atomic E-state index is 0.0516. The van der Waals surface area contributed by atoms with E-state index in [4.69, 9.17) is 9.47 Å². The number of hydrogen-bond donors (Lipinski definition) is 1. The number of ether oxygens (including phenoxy) is 3. The lowest BCUT2D eigenvalue weighted by molar-refractivity contribution is -0.140. The fourth-order valence-electron chi connectivity index (χ4n) is 2.94. The number of nitrogens with one attached hydrogen (secondary N) is 1. The van der Waals surface area contributed by atoms with Crippen molar-refractivity contribution in [3.63, 3.8) is 0 Å². The van der Waals surface area contributed by atoms with E-state index in [9.17, 15) is 18.8 Å². The van der Waals surface area contributed by atoms with Crippen LogP contribution in [-0.2, 0) is 20.7 Å². The molecule has 1 aliphatic heterocycles. The van der Waals surface area contributed by atoms with Crippen LogP contribution in [0.1, 0.15) is 43.1 Å². The molecule has 8 nitrogen and oxygen atoms in total. The Labute approximate surface area is 181 Å². The molecule has 9 heteroatoms. The van der Waals surface area contributed by atoms with Crippen LogP contribution in [0.15, 0.2) is 30.1 Å². The summed E-state index contributed by atoms with van der Waals surface area (Å²) in [5.41, 5.74) is 0.967. The molecule has 1 N–H and O–H groups in total. The van der Waals surface area contributed by atoms with Crippen LogP contribution in [-0.4, -0.2) is 61.8 Å². The molecule has 2 amide bonds. The molecule has 0 fully saturated rings. The molecule has 0 unspecified atom stereocenters. The van der Waals surface area contributed by atoms with Gasteiger partial charge in [0.1, 0.15) is 18.0 Å². The molecule has 31 heavy (non-hydrogen) atoms. The quantitative estimate of drug-likeness (QED) is 0.630. The van der Waals surface area contributed by atoms with Gasteiger partial charge in [-0.1, -0.05) is 0 Å². The number of methoxy groups -OCH3 is 1. The SMILES string of the molecule is COC(=O)CCN1CCc2cc(OC/C(=C/F)CNC(=O)OC(C)(C)C)ccc2C1=O. The predicted molar refractivity (Wildman–Crippen MR) is 112 cm³/mol. The summed E-state index contributed by atoms with van der Waals surface area (Å²) in [5, 5.41) is 2.48. The van der Waals surface area contributed by atoms with Crippen LogP contribution in [0.3, 0.4) is 0 Å². The molecule has 170 valence electrons. The standard InChI is InChI=1S/C22H29FN2O6/c1-22(2,3)31-21(28)24-13-15(12-23)14-30-17-5-6-18-16(11-17)7-9-25(20(18)27)10-8-19(26)29-4/h5-6,11-12H,7-10,13-14H2,1-4H3,(H,24,28)/b15-12+. The van der Waals surface area contributed by atoms with Gasteiger partial charge < -0.3 is 24.4 Å². The van der Waals surface area contributed by atoms with Gasteiger partial charge in [-0.15, -0.1) is 0 Å². The van der Waals surface area contributed by atoms with Crippen molar-refractivity contribution in [3.05, 3.63) is 41.2 Å². The molecule has 0 radical (unpaired) electrons. The van der Waals surface area contributed by atoms with Gasteiger partial charge >= 0.3 is 12.1 Å². The van der Waals surface area contributed by atoms with Crippen LogP contribution in [0, 0.1) is 0 Å². The van der Waals surface area contributed by atoms with Crippen LogP contribution in [0.25, 0.3) is 0 Å². The molecular formula is C22H29FN2O6. The molecule has 0 bridgehead atoms. The van der Waals surface area contributed by atoms with Crippen molar-refractivity contribution in [2.24, 2.45) is 0 Å². The third-order valence-electron chi connectivity index (χ3n) is 4.50. The number of benzene rings is 1. The highest BCUT2D eigenvalue weighted by Crippen LogP contribution is 2.24. The molecule has 0 saturated heterocycles. The summed E-state index contributed by atoms with van der Waals surface area (Å²) in [4.78, 5) is 37.2. The Morgan fingerprint density at radius 1 is 1.29 bits per heavy atom. The highest BCUT2D eigenvalue weighted by atomic mass is 19.1. The average molecular weight is 436 g/mol. The number of carbonyl (C=O) groups excluding carboxylic acids is 3. The summed E-state index contributed by atoms with van der Waals surface area (Å²) in [6, 6.07) is 5.05. The first kappa shape index (κ1) is 24.2. The second-order valence-electron chi connectivity index (χ2n) is 8.10. The van der Waals surface area contributed by atoms with Crippen LogP contribution in [0.5, 0.6) is 5.75 Å². The smallest absolute Gasteiger partial charge is 0.407 e. The van der Waals surface area contributed by atoms with Crippen molar-refractivity contribution in [3.8, 4) is 5.75 Å². The molecule has 1 aromatic rings. The topological polar surface area (TPSA) is 94.2 Å². The average Bonchev–Trinajstić information content (AvgIpc) is 2.71. The molecule has 2 rings (SSSR count). The first-order chi connectivity index (χ1) is 14.6. The van der Waals surface area contributed by atoms with Gasteiger partial charge in [-0.25, -0.2) is 9.18 Å². The van der Waals surface area contributed by atoms with Crippen molar-refractivity contribution in [1.82, 2.24) is 10.2 Å². The Morgan fingerprint density at radius 3 is 2.68 bits per heavy atom. The highest BCUT2D eigenvalue weighted by Gasteiger charge is 2.25. The Morgan fingerprint density at radius 2 is 2.03 bits per heavy atom.